The summed E-state index contributed by atoms with van der Waals surface area (Å²) in [5, 5.41) is 0. The van der Waals surface area contributed by atoms with Crippen LogP contribution < -0.4 is 4.90 Å². The van der Waals surface area contributed by atoms with Crippen molar-refractivity contribution in [1.29, 1.82) is 0 Å². The molecule has 3 rings (SSSR count). The van der Waals surface area contributed by atoms with E-state index in [4.69, 9.17) is 4.74 Å². The van der Waals surface area contributed by atoms with Crippen molar-refractivity contribution in [2.24, 2.45) is 0 Å². The molecule has 0 spiro atoms. The minimum atomic E-state index is -0.0798. The number of likely N-dealkylation sites (N-methyl/N-ethyl adjacent to an activating group) is 1. The molecule has 1 aliphatic rings. The second-order valence-corrected chi connectivity index (χ2v) is 7.36. The van der Waals surface area contributed by atoms with Crippen LogP contribution in [-0.2, 0) is 11.2 Å². The van der Waals surface area contributed by atoms with E-state index in [2.05, 4.69) is 48.2 Å². The van der Waals surface area contributed by atoms with E-state index in [-0.39, 0.29) is 11.8 Å². The number of ketones is 1. The van der Waals surface area contributed by atoms with Gasteiger partial charge in [-0.15, -0.1) is 0 Å². The van der Waals surface area contributed by atoms with Gasteiger partial charge in [-0.1, -0.05) is 37.3 Å². The summed E-state index contributed by atoms with van der Waals surface area (Å²) in [6, 6.07) is 16.6. The number of hydrogen-bond acceptors (Lipinski definition) is 4. The minimum absolute atomic E-state index is 0.0798. The molecule has 0 saturated carbocycles. The lowest BCUT2D eigenvalue weighted by molar-refractivity contribution is 0.0871. The minimum Gasteiger partial charge on any atom is -0.378 e. The smallest absolute Gasteiger partial charge is 0.179 e. The van der Waals surface area contributed by atoms with E-state index in [1.807, 2.05) is 31.1 Å². The van der Waals surface area contributed by atoms with Crippen molar-refractivity contribution in [2.75, 3.05) is 45.3 Å². The van der Waals surface area contributed by atoms with Crippen LogP contribution >= 0.6 is 0 Å². The van der Waals surface area contributed by atoms with Gasteiger partial charge in [-0.05, 0) is 56.3 Å². The van der Waals surface area contributed by atoms with Gasteiger partial charge in [0.2, 0.25) is 0 Å². The van der Waals surface area contributed by atoms with Gasteiger partial charge in [0.05, 0.1) is 19.3 Å². The number of benzene rings is 2. The van der Waals surface area contributed by atoms with Crippen LogP contribution in [0.1, 0.15) is 34.8 Å². The average Bonchev–Trinajstić information content (AvgIpc) is 2.69. The number of Topliss-reactive ketones (excluding diaryl/α,β-unsaturated/α-hetero) is 1. The van der Waals surface area contributed by atoms with E-state index in [0.717, 1.165) is 44.7 Å². The summed E-state index contributed by atoms with van der Waals surface area (Å²) in [6.45, 7) is 5.36. The monoisotopic (exact) mass is 366 g/mol. The molecule has 27 heavy (non-hydrogen) atoms. The highest BCUT2D eigenvalue weighted by Crippen LogP contribution is 2.27. The summed E-state index contributed by atoms with van der Waals surface area (Å²) in [5.41, 5.74) is 4.49. The molecule has 4 heteroatoms. The first-order valence-electron chi connectivity index (χ1n) is 9.80. The molecule has 144 valence electrons. The zero-order valence-corrected chi connectivity index (χ0v) is 16.6. The fraction of sp³-hybridized carbons (Fsp3) is 0.435. The predicted octanol–water partition coefficient (Wildman–Crippen LogP) is 3.64. The number of anilines is 1. The molecule has 0 aromatic heterocycles. The highest BCUT2D eigenvalue weighted by atomic mass is 16.5. The van der Waals surface area contributed by atoms with Gasteiger partial charge in [-0.25, -0.2) is 0 Å². The normalized spacial score (nSPS) is 15.8. The van der Waals surface area contributed by atoms with Crippen molar-refractivity contribution in [3.05, 3.63) is 65.2 Å². The molecule has 0 N–H and O–H groups in total. The molecule has 1 unspecified atom stereocenters. The van der Waals surface area contributed by atoms with Gasteiger partial charge in [0.25, 0.3) is 0 Å². The van der Waals surface area contributed by atoms with Crippen LogP contribution in [0.25, 0.3) is 0 Å². The highest BCUT2D eigenvalue weighted by Gasteiger charge is 2.22. The Kier molecular flexibility index (Phi) is 6.64. The van der Waals surface area contributed by atoms with Crippen LogP contribution in [-0.4, -0.2) is 57.1 Å². The lowest BCUT2D eigenvalue weighted by atomic mass is 9.95. The van der Waals surface area contributed by atoms with Gasteiger partial charge < -0.3 is 9.64 Å². The number of ether oxygens (including phenoxy) is 1. The fourth-order valence-electron chi connectivity index (χ4n) is 3.79. The third-order valence-electron chi connectivity index (χ3n) is 5.27. The van der Waals surface area contributed by atoms with Crippen molar-refractivity contribution in [3.8, 4) is 0 Å². The van der Waals surface area contributed by atoms with Gasteiger partial charge >= 0.3 is 0 Å². The number of nitrogens with zero attached hydrogens (tertiary/aromatic N) is 2. The summed E-state index contributed by atoms with van der Waals surface area (Å²) in [5.74, 6) is 0.199. The number of hydrogen-bond donors (Lipinski definition) is 0. The van der Waals surface area contributed by atoms with Crippen molar-refractivity contribution in [2.45, 2.75) is 25.8 Å². The summed E-state index contributed by atoms with van der Waals surface area (Å²) in [7, 11) is 3.94. The van der Waals surface area contributed by atoms with E-state index >= 15 is 0 Å². The van der Waals surface area contributed by atoms with Crippen LogP contribution in [0.15, 0.2) is 48.5 Å². The molecular weight excluding hydrogens is 336 g/mol. The Bertz CT molecular complexity index is 752. The maximum absolute atomic E-state index is 13.0. The molecule has 1 atom stereocenters. The Labute approximate surface area is 162 Å². The Morgan fingerprint density at radius 3 is 2.44 bits per heavy atom. The second kappa shape index (κ2) is 9.16. The largest absolute Gasteiger partial charge is 0.378 e. The molecule has 0 amide bonds. The van der Waals surface area contributed by atoms with Crippen LogP contribution in [0.2, 0.25) is 0 Å². The van der Waals surface area contributed by atoms with Crippen molar-refractivity contribution in [3.63, 3.8) is 0 Å². The summed E-state index contributed by atoms with van der Waals surface area (Å²) >= 11 is 0. The van der Waals surface area contributed by atoms with Crippen LogP contribution in [0.5, 0.6) is 0 Å². The van der Waals surface area contributed by atoms with Crippen molar-refractivity contribution in [1.82, 2.24) is 4.90 Å². The zero-order chi connectivity index (χ0) is 19.2. The molecule has 1 saturated heterocycles. The maximum atomic E-state index is 13.0. The Morgan fingerprint density at radius 1 is 1.11 bits per heavy atom. The number of carbonyl (C=O) groups excluding carboxylic acids is 1. The number of morpholine rings is 1. The number of carbonyl (C=O) groups is 1. The van der Waals surface area contributed by atoms with Crippen LogP contribution in [0.4, 0.5) is 5.69 Å². The lowest BCUT2D eigenvalue weighted by Crippen LogP contribution is -2.37. The van der Waals surface area contributed by atoms with E-state index in [9.17, 15) is 4.79 Å². The average molecular weight is 367 g/mol. The molecule has 1 aliphatic heterocycles. The van der Waals surface area contributed by atoms with Gasteiger partial charge in [-0.2, -0.15) is 0 Å². The van der Waals surface area contributed by atoms with Crippen LogP contribution in [0, 0.1) is 0 Å². The topological polar surface area (TPSA) is 32.8 Å². The fourth-order valence-corrected chi connectivity index (χ4v) is 3.79. The standard InChI is InChI=1S/C23H30N2O2/c1-4-21(24(2)3)23(26)19-10-11-22(25-12-14-27-15-13-25)20(17-19)16-18-8-6-5-7-9-18/h5-11,17,21H,4,12-16H2,1-3H3. The second-order valence-electron chi connectivity index (χ2n) is 7.36. The van der Waals surface area contributed by atoms with Crippen molar-refractivity contribution < 1.29 is 9.53 Å². The highest BCUT2D eigenvalue weighted by molar-refractivity contribution is 6.00. The van der Waals surface area contributed by atoms with E-state index in [0.29, 0.717) is 0 Å². The summed E-state index contributed by atoms with van der Waals surface area (Å²) in [4.78, 5) is 17.4. The maximum Gasteiger partial charge on any atom is 0.179 e. The first kappa shape index (κ1) is 19.6. The SMILES string of the molecule is CCC(C(=O)c1ccc(N2CCOCC2)c(Cc2ccccc2)c1)N(C)C. The predicted molar refractivity (Wildman–Crippen MR) is 111 cm³/mol. The third kappa shape index (κ3) is 4.76. The molecule has 4 nitrogen and oxygen atoms in total. The zero-order valence-electron chi connectivity index (χ0n) is 16.6. The van der Waals surface area contributed by atoms with Gasteiger partial charge in [0, 0.05) is 24.3 Å². The molecule has 0 aliphatic carbocycles. The quantitative estimate of drug-likeness (QED) is 0.701. The number of rotatable bonds is 7. The third-order valence-corrected chi connectivity index (χ3v) is 5.27. The molecule has 1 fully saturated rings. The molecule has 1 heterocycles. The molecule has 2 aromatic carbocycles. The summed E-state index contributed by atoms with van der Waals surface area (Å²) in [6.07, 6.45) is 1.64. The first-order chi connectivity index (χ1) is 13.1. The van der Waals surface area contributed by atoms with Gasteiger partial charge in [0.15, 0.2) is 5.78 Å². The van der Waals surface area contributed by atoms with Gasteiger partial charge in [-0.3, -0.25) is 9.69 Å². The molecule has 0 bridgehead atoms. The first-order valence-corrected chi connectivity index (χ1v) is 9.80. The summed E-state index contributed by atoms with van der Waals surface area (Å²) < 4.78 is 5.51. The molecule has 0 radical (unpaired) electrons. The Balaban J connectivity index is 1.95. The Morgan fingerprint density at radius 2 is 1.81 bits per heavy atom. The van der Waals surface area contributed by atoms with Crippen molar-refractivity contribution >= 4 is 11.5 Å². The van der Waals surface area contributed by atoms with E-state index in [1.54, 1.807) is 0 Å². The van der Waals surface area contributed by atoms with Crippen LogP contribution in [0.3, 0.4) is 0 Å². The van der Waals surface area contributed by atoms with E-state index < -0.39 is 0 Å². The Hall–Kier alpha value is -2.17. The molecular formula is C23H30N2O2. The lowest BCUT2D eigenvalue weighted by Gasteiger charge is -2.31. The van der Waals surface area contributed by atoms with Gasteiger partial charge in [0.1, 0.15) is 0 Å². The molecule has 2 aromatic rings. The van der Waals surface area contributed by atoms with E-state index in [1.165, 1.54) is 16.8 Å².